The third-order valence-electron chi connectivity index (χ3n) is 6.64. The van der Waals surface area contributed by atoms with Gasteiger partial charge in [0.25, 0.3) is 5.91 Å². The van der Waals surface area contributed by atoms with Crippen molar-refractivity contribution in [2.45, 2.75) is 50.4 Å². The Labute approximate surface area is 182 Å². The van der Waals surface area contributed by atoms with Gasteiger partial charge < -0.3 is 18.8 Å². The summed E-state index contributed by atoms with van der Waals surface area (Å²) < 4.78 is 18.6. The summed E-state index contributed by atoms with van der Waals surface area (Å²) in [6.45, 7) is 4.08. The molecule has 2 aliphatic rings. The zero-order valence-electron chi connectivity index (χ0n) is 18.0. The molecule has 162 valence electrons. The minimum Gasteiger partial charge on any atom is -0.451 e. The first kappa shape index (κ1) is 20.3. The molecule has 2 atom stereocenters. The number of rotatable bonds is 4. The predicted molar refractivity (Wildman–Crippen MR) is 119 cm³/mol. The van der Waals surface area contributed by atoms with Crippen molar-refractivity contribution in [1.82, 2.24) is 4.90 Å². The molecule has 3 heterocycles. The number of nitrogens with zero attached hydrogens (tertiary/aromatic N) is 1. The minimum absolute atomic E-state index is 0.0316. The molecule has 1 spiro atoms. The van der Waals surface area contributed by atoms with Gasteiger partial charge in [-0.1, -0.05) is 48.5 Å². The Bertz CT molecular complexity index is 1000. The lowest BCUT2D eigenvalue weighted by Crippen LogP contribution is -2.52. The first-order valence-electron chi connectivity index (χ1n) is 11.3. The van der Waals surface area contributed by atoms with Crippen molar-refractivity contribution in [3.63, 3.8) is 0 Å². The third kappa shape index (κ3) is 4.12. The molecule has 2 aliphatic heterocycles. The molecule has 2 saturated heterocycles. The molecular weight excluding hydrogens is 390 g/mol. The Hall–Kier alpha value is -2.63. The Morgan fingerprint density at radius 3 is 2.58 bits per heavy atom. The Morgan fingerprint density at radius 2 is 1.84 bits per heavy atom. The second-order valence-corrected chi connectivity index (χ2v) is 8.66. The molecule has 2 aromatic carbocycles. The van der Waals surface area contributed by atoms with Crippen LogP contribution >= 0.6 is 0 Å². The SMILES string of the molecule is CCO[C@H]1C[C@@H](c2ccccc2)OC2(CCN(C(=O)c3cc4ccccc4o3)CC2)C1. The molecule has 0 N–H and O–H groups in total. The molecule has 1 aromatic heterocycles. The molecule has 3 aromatic rings. The van der Waals surface area contributed by atoms with Gasteiger partial charge in [-0.05, 0) is 37.5 Å². The zero-order chi connectivity index (χ0) is 21.3. The lowest BCUT2D eigenvalue weighted by Gasteiger charge is -2.48. The van der Waals surface area contributed by atoms with E-state index in [1.807, 2.05) is 48.2 Å². The largest absolute Gasteiger partial charge is 0.451 e. The number of para-hydroxylation sites is 1. The number of amides is 1. The summed E-state index contributed by atoms with van der Waals surface area (Å²) in [7, 11) is 0. The second kappa shape index (κ2) is 8.48. The topological polar surface area (TPSA) is 51.9 Å². The number of benzene rings is 2. The van der Waals surface area contributed by atoms with E-state index in [1.54, 1.807) is 0 Å². The fraction of sp³-hybridized carbons (Fsp3) is 0.423. The molecule has 5 heteroatoms. The highest BCUT2D eigenvalue weighted by Gasteiger charge is 2.45. The van der Waals surface area contributed by atoms with Gasteiger partial charge in [-0.25, -0.2) is 0 Å². The van der Waals surface area contributed by atoms with Crippen molar-refractivity contribution in [1.29, 1.82) is 0 Å². The summed E-state index contributed by atoms with van der Waals surface area (Å²) in [4.78, 5) is 15.0. The van der Waals surface area contributed by atoms with Gasteiger partial charge in [0.05, 0.1) is 17.8 Å². The van der Waals surface area contributed by atoms with Gasteiger partial charge in [0.1, 0.15) is 5.58 Å². The first-order valence-corrected chi connectivity index (χ1v) is 11.3. The van der Waals surface area contributed by atoms with Crippen LogP contribution in [0.25, 0.3) is 11.0 Å². The van der Waals surface area contributed by atoms with Crippen LogP contribution < -0.4 is 0 Å². The maximum absolute atomic E-state index is 13.1. The number of piperidine rings is 1. The van der Waals surface area contributed by atoms with E-state index in [2.05, 4.69) is 24.3 Å². The smallest absolute Gasteiger partial charge is 0.289 e. The summed E-state index contributed by atoms with van der Waals surface area (Å²) in [6.07, 6.45) is 3.60. The molecule has 0 saturated carbocycles. The van der Waals surface area contributed by atoms with Crippen molar-refractivity contribution in [3.8, 4) is 0 Å². The van der Waals surface area contributed by atoms with Crippen molar-refractivity contribution in [2.24, 2.45) is 0 Å². The van der Waals surface area contributed by atoms with Crippen LogP contribution in [0.3, 0.4) is 0 Å². The van der Waals surface area contributed by atoms with Crippen LogP contribution in [0.4, 0.5) is 0 Å². The molecule has 31 heavy (non-hydrogen) atoms. The summed E-state index contributed by atoms with van der Waals surface area (Å²) in [6, 6.07) is 20.0. The van der Waals surface area contributed by atoms with Crippen LogP contribution in [0.15, 0.2) is 65.1 Å². The molecule has 5 nitrogen and oxygen atoms in total. The average molecular weight is 420 g/mol. The van der Waals surface area contributed by atoms with Crippen LogP contribution in [0.2, 0.25) is 0 Å². The van der Waals surface area contributed by atoms with Crippen molar-refractivity contribution in [2.75, 3.05) is 19.7 Å². The van der Waals surface area contributed by atoms with E-state index in [4.69, 9.17) is 13.9 Å². The highest BCUT2D eigenvalue weighted by atomic mass is 16.5. The monoisotopic (exact) mass is 419 g/mol. The summed E-state index contributed by atoms with van der Waals surface area (Å²) >= 11 is 0. The molecule has 5 rings (SSSR count). The summed E-state index contributed by atoms with van der Waals surface area (Å²) in [5.41, 5.74) is 1.70. The van der Waals surface area contributed by atoms with Crippen molar-refractivity contribution >= 4 is 16.9 Å². The van der Waals surface area contributed by atoms with Gasteiger partial charge in [-0.3, -0.25) is 4.79 Å². The molecule has 0 unspecified atom stereocenters. The number of hydrogen-bond donors (Lipinski definition) is 0. The van der Waals surface area contributed by atoms with Gasteiger partial charge in [-0.2, -0.15) is 0 Å². The maximum atomic E-state index is 13.1. The van der Waals surface area contributed by atoms with Crippen molar-refractivity contribution < 1.29 is 18.7 Å². The van der Waals surface area contributed by atoms with E-state index in [9.17, 15) is 4.79 Å². The van der Waals surface area contributed by atoms with E-state index in [1.165, 1.54) is 5.56 Å². The Morgan fingerprint density at radius 1 is 1.10 bits per heavy atom. The standard InChI is InChI=1S/C26H29NO4/c1-2-29-21-17-23(19-8-4-3-5-9-19)31-26(18-21)12-14-27(15-13-26)25(28)24-16-20-10-6-7-11-22(20)30-24/h3-11,16,21,23H,2,12-15,17-18H2,1H3/t21-,23-/m0/s1. The number of hydrogen-bond acceptors (Lipinski definition) is 4. The summed E-state index contributed by atoms with van der Waals surface area (Å²) in [5.74, 6) is 0.374. The quantitative estimate of drug-likeness (QED) is 0.571. The fourth-order valence-electron chi connectivity index (χ4n) is 5.05. The molecule has 0 radical (unpaired) electrons. The number of furan rings is 1. The first-order chi connectivity index (χ1) is 15.2. The van der Waals surface area contributed by atoms with Gasteiger partial charge >= 0.3 is 0 Å². The van der Waals surface area contributed by atoms with Crippen LogP contribution in [-0.2, 0) is 9.47 Å². The van der Waals surface area contributed by atoms with Gasteiger partial charge in [0.15, 0.2) is 5.76 Å². The van der Waals surface area contributed by atoms with Crippen LogP contribution in [-0.4, -0.2) is 42.2 Å². The second-order valence-electron chi connectivity index (χ2n) is 8.66. The van der Waals surface area contributed by atoms with Crippen LogP contribution in [0.1, 0.15) is 54.8 Å². The van der Waals surface area contributed by atoms with E-state index in [0.29, 0.717) is 25.5 Å². The van der Waals surface area contributed by atoms with E-state index >= 15 is 0 Å². The van der Waals surface area contributed by atoms with Crippen molar-refractivity contribution in [3.05, 3.63) is 72.0 Å². The van der Waals surface area contributed by atoms with Crippen LogP contribution in [0, 0.1) is 0 Å². The van der Waals surface area contributed by atoms with Gasteiger partial charge in [0, 0.05) is 37.9 Å². The number of carbonyl (C=O) groups excluding carboxylic acids is 1. The fourth-order valence-corrected chi connectivity index (χ4v) is 5.05. The number of ether oxygens (including phenoxy) is 2. The highest BCUT2D eigenvalue weighted by molar-refractivity contribution is 5.96. The predicted octanol–water partition coefficient (Wildman–Crippen LogP) is 5.36. The number of carbonyl (C=O) groups is 1. The zero-order valence-corrected chi connectivity index (χ0v) is 18.0. The number of likely N-dealkylation sites (tertiary alicyclic amines) is 1. The lowest BCUT2D eigenvalue weighted by molar-refractivity contribution is -0.190. The molecule has 0 bridgehead atoms. The summed E-state index contributed by atoms with van der Waals surface area (Å²) in [5, 5.41) is 0.959. The lowest BCUT2D eigenvalue weighted by atomic mass is 9.80. The van der Waals surface area contributed by atoms with Gasteiger partial charge in [-0.15, -0.1) is 0 Å². The molecular formula is C26H29NO4. The molecule has 2 fully saturated rings. The minimum atomic E-state index is -0.247. The number of fused-ring (bicyclic) bond motifs is 1. The third-order valence-corrected chi connectivity index (χ3v) is 6.64. The Kier molecular flexibility index (Phi) is 5.55. The van der Waals surface area contributed by atoms with E-state index in [0.717, 1.165) is 36.7 Å². The van der Waals surface area contributed by atoms with E-state index < -0.39 is 0 Å². The van der Waals surface area contributed by atoms with Gasteiger partial charge in [0.2, 0.25) is 0 Å². The maximum Gasteiger partial charge on any atom is 0.289 e. The normalized spacial score (nSPS) is 23.3. The average Bonchev–Trinajstić information content (AvgIpc) is 3.24. The molecule has 0 aliphatic carbocycles. The van der Waals surface area contributed by atoms with E-state index in [-0.39, 0.29) is 23.7 Å². The molecule has 1 amide bonds. The Balaban J connectivity index is 1.30. The highest BCUT2D eigenvalue weighted by Crippen LogP contribution is 2.44. The van der Waals surface area contributed by atoms with Crippen LogP contribution in [0.5, 0.6) is 0 Å².